The Kier molecular flexibility index (Phi) is 18.2. The van der Waals surface area contributed by atoms with Crippen LogP contribution in [0.2, 0.25) is 0 Å². The molecule has 0 amide bonds. The van der Waals surface area contributed by atoms with Gasteiger partial charge >= 0.3 is 0 Å². The molecule has 4 atom stereocenters. The lowest BCUT2D eigenvalue weighted by molar-refractivity contribution is 0.755. The van der Waals surface area contributed by atoms with Crippen LogP contribution < -0.4 is 0 Å². The summed E-state index contributed by atoms with van der Waals surface area (Å²) < 4.78 is 0. The molecular weight excluding hydrogens is 1510 g/mol. The maximum atomic E-state index is 5.12. The van der Waals surface area contributed by atoms with Crippen LogP contribution in [-0.2, 0) is 0 Å². The molecule has 4 bridgehead atoms. The Morgan fingerprint density at radius 1 is 0.129 bits per heavy atom. The Balaban J connectivity index is 0.000000143. The largest absolute Gasteiger partial charge is 0.265 e. The number of hydrogen-bond donors (Lipinski definition) is 0. The highest BCUT2D eigenvalue weighted by Crippen LogP contribution is 2.59. The van der Waals surface area contributed by atoms with Crippen molar-refractivity contribution >= 4 is 0 Å². The third-order valence-corrected chi connectivity index (χ3v) is 24.4. The molecule has 0 fully saturated rings. The maximum Gasteiger partial charge on any atom is 0.164 e. The van der Waals surface area contributed by atoms with Crippen molar-refractivity contribution in [3.8, 4) is 158 Å². The summed E-state index contributed by atoms with van der Waals surface area (Å²) in [5, 5.41) is 0. The van der Waals surface area contributed by atoms with E-state index in [-0.39, 0.29) is 23.7 Å². The van der Waals surface area contributed by atoms with Crippen LogP contribution in [0, 0.1) is 0 Å². The zero-order chi connectivity index (χ0) is 82.0. The summed E-state index contributed by atoms with van der Waals surface area (Å²) in [5.74, 6) is 5.68. The van der Waals surface area contributed by atoms with Crippen molar-refractivity contribution < 1.29 is 0 Å². The van der Waals surface area contributed by atoms with Crippen LogP contribution >= 0.6 is 0 Å². The van der Waals surface area contributed by atoms with E-state index >= 15 is 0 Å². The van der Waals surface area contributed by atoms with Gasteiger partial charge in [-0.15, -0.1) is 0 Å². The Morgan fingerprint density at radius 2 is 0.371 bits per heavy atom. The smallest absolute Gasteiger partial charge is 0.164 e. The minimum atomic E-state index is 0.0777. The van der Waals surface area contributed by atoms with Crippen molar-refractivity contribution in [3.05, 3.63) is 480 Å². The summed E-state index contributed by atoms with van der Waals surface area (Å²) in [4.78, 5) is 59.0. The predicted octanol–water partition coefficient (Wildman–Crippen LogP) is 25.4. The van der Waals surface area contributed by atoms with Gasteiger partial charge in [0.25, 0.3) is 0 Å². The average Bonchev–Trinajstić information content (AvgIpc) is 0.703. The topological polar surface area (TPSA) is 155 Å². The van der Waals surface area contributed by atoms with Gasteiger partial charge in [-0.2, -0.15) is 0 Å². The Morgan fingerprint density at radius 3 is 0.694 bits per heavy atom. The van der Waals surface area contributed by atoms with Gasteiger partial charge in [-0.05, 0) is 162 Å². The number of nitrogens with zero attached hydrogens (tertiary/aromatic N) is 12. The third-order valence-electron chi connectivity index (χ3n) is 24.4. The van der Waals surface area contributed by atoms with Gasteiger partial charge in [-0.3, -0.25) is 9.97 Å². The second-order valence-corrected chi connectivity index (χ2v) is 31.7. The highest BCUT2D eigenvalue weighted by molar-refractivity contribution is 5.83. The first-order valence-electron chi connectivity index (χ1n) is 41.8. The van der Waals surface area contributed by atoms with E-state index in [2.05, 4.69) is 265 Å². The molecule has 0 N–H and O–H groups in total. The molecule has 6 aliphatic carbocycles. The van der Waals surface area contributed by atoms with Crippen molar-refractivity contribution in [2.45, 2.75) is 23.7 Å². The van der Waals surface area contributed by atoms with Gasteiger partial charge in [0.15, 0.2) is 46.6 Å². The van der Waals surface area contributed by atoms with Gasteiger partial charge in [-0.25, -0.2) is 49.8 Å². The third kappa shape index (κ3) is 13.4. The van der Waals surface area contributed by atoms with Crippen LogP contribution in [0.25, 0.3) is 158 Å². The molecule has 6 aromatic heterocycles. The highest BCUT2D eigenvalue weighted by Gasteiger charge is 2.44. The summed E-state index contributed by atoms with van der Waals surface area (Å²) in [7, 11) is 0. The summed E-state index contributed by atoms with van der Waals surface area (Å²) in [5.41, 5.74) is 35.9. The van der Waals surface area contributed by atoms with Crippen LogP contribution in [0.4, 0.5) is 0 Å². The molecule has 580 valence electrons. The zero-order valence-electron chi connectivity index (χ0n) is 66.9. The predicted molar refractivity (Wildman–Crippen MR) is 492 cm³/mol. The standard InChI is InChI=1S/2C56H36N6/c1-4-14-35(15-5-1)53-58-49(33-50(59-53)42-22-13-29-57-34-42)40-21-12-20-38(30-40)39-25-27-45-47(31-39)51-43-23-10-11-24-44(43)52(45)48-32-41(26-28-46(48)51)56-61-54(36-16-6-2-7-17-36)60-55(62-56)37-18-8-3-9-19-37;1-4-13-36(14-5-1)53-58-49(35-27-29-57-30-28-35)34-50(59-53)41-20-12-19-39(31-41)40-23-25-45-47(32-40)51-43-21-10-11-22-44(43)52(45)48-33-42(24-26-46(48)51)56-61-54(37-15-6-2-7-16-37)60-55(62-56)38-17-8-3-9-18-38/h2*1-34,51-52H. The number of benzene rings is 14. The van der Waals surface area contributed by atoms with Crippen LogP contribution in [-0.4, -0.2) is 59.8 Å². The molecule has 0 saturated carbocycles. The summed E-state index contributed by atoms with van der Waals surface area (Å²) >= 11 is 0. The SMILES string of the molecule is c1ccc(-c2nc(-c3cccnc3)cc(-c3cccc(-c4ccc5c(c4)C4c6ccccc6C5c5cc(-c6nc(-c7ccccc7)nc(-c7ccccc7)n6)ccc54)c3)n2)cc1.c1ccc(-c2nc(-c3ccncc3)cc(-c3cccc(-c4ccc5c(c4)C4c6ccccc6C5c5cc(-c6nc(-c7ccccc7)nc(-c7ccccc7)n6)ccc54)c3)n2)cc1. The lowest BCUT2D eigenvalue weighted by Gasteiger charge is -2.42. The molecule has 6 aliphatic rings. The minimum absolute atomic E-state index is 0.0777. The van der Waals surface area contributed by atoms with Gasteiger partial charge < -0.3 is 0 Å². The Bertz CT molecular complexity index is 6810. The van der Waals surface area contributed by atoms with E-state index in [9.17, 15) is 0 Å². The van der Waals surface area contributed by atoms with Crippen molar-refractivity contribution in [2.24, 2.45) is 0 Å². The van der Waals surface area contributed by atoms with Crippen molar-refractivity contribution in [1.82, 2.24) is 59.8 Å². The van der Waals surface area contributed by atoms with Crippen molar-refractivity contribution in [2.75, 3.05) is 0 Å². The fraction of sp³-hybridized carbons (Fsp3) is 0.0357. The summed E-state index contributed by atoms with van der Waals surface area (Å²) in [6.45, 7) is 0. The lowest BCUT2D eigenvalue weighted by Crippen LogP contribution is -2.27. The molecule has 12 nitrogen and oxygen atoms in total. The van der Waals surface area contributed by atoms with E-state index in [4.69, 9.17) is 49.8 Å². The highest BCUT2D eigenvalue weighted by atomic mass is 15.0. The van der Waals surface area contributed by atoms with Crippen LogP contribution in [0.1, 0.15) is 90.4 Å². The van der Waals surface area contributed by atoms with Crippen LogP contribution in [0.5, 0.6) is 0 Å². The molecule has 0 saturated heterocycles. The quantitative estimate of drug-likeness (QED) is 0.102. The first-order valence-corrected chi connectivity index (χ1v) is 41.8. The minimum Gasteiger partial charge on any atom is -0.265 e. The van der Waals surface area contributed by atoms with E-state index in [1.165, 1.54) is 77.9 Å². The van der Waals surface area contributed by atoms with Gasteiger partial charge in [0.05, 0.1) is 22.8 Å². The number of hydrogen-bond acceptors (Lipinski definition) is 12. The van der Waals surface area contributed by atoms with E-state index in [0.717, 1.165) is 101 Å². The monoisotopic (exact) mass is 1580 g/mol. The van der Waals surface area contributed by atoms with Crippen LogP contribution in [0.3, 0.4) is 0 Å². The Labute approximate surface area is 717 Å². The molecule has 0 aliphatic heterocycles. The Hall–Kier alpha value is -16.4. The zero-order valence-corrected chi connectivity index (χ0v) is 66.9. The second kappa shape index (κ2) is 31.0. The summed E-state index contributed by atoms with van der Waals surface area (Å²) in [6.07, 6.45) is 7.24. The van der Waals surface area contributed by atoms with Gasteiger partial charge in [0, 0.05) is 115 Å². The average molecular weight is 1590 g/mol. The summed E-state index contributed by atoms with van der Waals surface area (Å²) in [6, 6.07) is 136. The van der Waals surface area contributed by atoms with Gasteiger partial charge in [0.1, 0.15) is 0 Å². The first-order chi connectivity index (χ1) is 61.4. The number of rotatable bonds is 14. The van der Waals surface area contributed by atoms with E-state index in [1.54, 1.807) is 18.6 Å². The van der Waals surface area contributed by atoms with Gasteiger partial charge in [-0.1, -0.05) is 315 Å². The molecule has 6 heterocycles. The van der Waals surface area contributed by atoms with E-state index < -0.39 is 0 Å². The van der Waals surface area contributed by atoms with E-state index in [0.29, 0.717) is 46.6 Å². The number of aromatic nitrogens is 12. The molecule has 26 rings (SSSR count). The molecule has 14 aromatic carbocycles. The van der Waals surface area contributed by atoms with Crippen LogP contribution in [0.15, 0.2) is 413 Å². The number of pyridine rings is 2. The van der Waals surface area contributed by atoms with E-state index in [1.807, 2.05) is 140 Å². The molecule has 4 unspecified atom stereocenters. The fourth-order valence-corrected chi connectivity index (χ4v) is 18.6. The molecule has 0 spiro atoms. The molecular formula is C112H72N12. The lowest BCUT2D eigenvalue weighted by atomic mass is 9.60. The fourth-order valence-electron chi connectivity index (χ4n) is 18.6. The van der Waals surface area contributed by atoms with Crippen molar-refractivity contribution in [1.29, 1.82) is 0 Å². The maximum absolute atomic E-state index is 5.12. The molecule has 124 heavy (non-hydrogen) atoms. The normalized spacial score (nSPS) is 14.5. The molecule has 0 radical (unpaired) electrons. The van der Waals surface area contributed by atoms with Gasteiger partial charge in [0.2, 0.25) is 0 Å². The second-order valence-electron chi connectivity index (χ2n) is 31.7. The van der Waals surface area contributed by atoms with Crippen molar-refractivity contribution in [3.63, 3.8) is 0 Å². The molecule has 20 aromatic rings. The first kappa shape index (κ1) is 72.8. The molecule has 12 heteroatoms.